The quantitative estimate of drug-likeness (QED) is 0.412. The van der Waals surface area contributed by atoms with Gasteiger partial charge in [-0.1, -0.05) is 18.2 Å². The average molecular weight is 424 g/mol. The molecule has 3 heterocycles. The van der Waals surface area contributed by atoms with Crippen LogP contribution in [0.5, 0.6) is 0 Å². The van der Waals surface area contributed by atoms with Gasteiger partial charge in [0.1, 0.15) is 6.04 Å². The number of fused-ring (bicyclic) bond motifs is 1. The number of carbonyl (C=O) groups excluding carboxylic acids is 2. The molecule has 7 nitrogen and oxygen atoms in total. The van der Waals surface area contributed by atoms with E-state index in [9.17, 15) is 9.59 Å². The lowest BCUT2D eigenvalue weighted by atomic mass is 10.1. The molecule has 4 rings (SSSR count). The lowest BCUT2D eigenvalue weighted by Gasteiger charge is -2.36. The highest BCUT2D eigenvalue weighted by atomic mass is 35.5. The van der Waals surface area contributed by atoms with Gasteiger partial charge in [-0.15, -0.1) is 0 Å². The van der Waals surface area contributed by atoms with E-state index in [-0.39, 0.29) is 35.9 Å². The number of hydrogen-bond donors (Lipinski definition) is 0. The van der Waals surface area contributed by atoms with Gasteiger partial charge in [0, 0.05) is 45.0 Å². The predicted octanol–water partition coefficient (Wildman–Crippen LogP) is -1.50. The Balaban J connectivity index is 0.00000150. The molecule has 0 aromatic heterocycles. The molecule has 3 aliphatic rings. The molecule has 0 aliphatic carbocycles. The minimum Gasteiger partial charge on any atom is -1.00 e. The van der Waals surface area contributed by atoms with E-state index >= 15 is 0 Å². The van der Waals surface area contributed by atoms with Crippen LogP contribution >= 0.6 is 0 Å². The van der Waals surface area contributed by atoms with E-state index in [4.69, 9.17) is 0 Å². The number of para-hydroxylation sites is 1. The van der Waals surface area contributed by atoms with Crippen LogP contribution in [0.2, 0.25) is 0 Å². The lowest BCUT2D eigenvalue weighted by Crippen LogP contribution is -3.00. The highest BCUT2D eigenvalue weighted by molar-refractivity contribution is 6.04. The lowest BCUT2D eigenvalue weighted by molar-refractivity contribution is -0.128. The van der Waals surface area contributed by atoms with Gasteiger partial charge in [0.05, 0.1) is 0 Å². The summed E-state index contributed by atoms with van der Waals surface area (Å²) in [5.41, 5.74) is 2.69. The molecule has 2 N–H and O–H groups in total. The molecule has 3 saturated heterocycles. The number of benzene rings is 1. The first-order chi connectivity index (χ1) is 13.1. The molecule has 3 fully saturated rings. The second-order valence-electron chi connectivity index (χ2n) is 7.95. The molecule has 29 heavy (non-hydrogen) atoms. The van der Waals surface area contributed by atoms with E-state index in [2.05, 4.69) is 41.0 Å². The van der Waals surface area contributed by atoms with Crippen molar-refractivity contribution < 1.29 is 27.5 Å². The first-order valence-electron chi connectivity index (χ1n) is 10.3. The largest absolute Gasteiger partial charge is 1.00 e. The van der Waals surface area contributed by atoms with Gasteiger partial charge < -0.3 is 27.7 Å². The van der Waals surface area contributed by atoms with Crippen molar-refractivity contribution in [3.8, 4) is 0 Å². The summed E-state index contributed by atoms with van der Waals surface area (Å²) in [6, 6.07) is 8.37. The summed E-state index contributed by atoms with van der Waals surface area (Å²) in [5, 5.41) is 0. The molecule has 0 bridgehead atoms. The third kappa shape index (κ3) is 4.85. The summed E-state index contributed by atoms with van der Waals surface area (Å²) in [5.74, 6) is 0.0318. The van der Waals surface area contributed by atoms with Crippen molar-refractivity contribution in [3.63, 3.8) is 0 Å². The number of rotatable bonds is 6. The SMILES string of the molecule is Cc1ccccc1N1CCN(CCCCN2C(=O)C3CCCN3C2=O)CC1.O.[Cl-]. The molecule has 8 heteroatoms. The summed E-state index contributed by atoms with van der Waals surface area (Å²) in [4.78, 5) is 32.9. The topological polar surface area (TPSA) is 78.6 Å². The van der Waals surface area contributed by atoms with Crippen molar-refractivity contribution in [2.24, 2.45) is 0 Å². The van der Waals surface area contributed by atoms with Crippen LogP contribution in [0.15, 0.2) is 24.3 Å². The molecule has 1 unspecified atom stereocenters. The number of unbranched alkanes of at least 4 members (excludes halogenated alkanes) is 1. The third-order valence-corrected chi connectivity index (χ3v) is 6.21. The molecule has 162 valence electrons. The summed E-state index contributed by atoms with van der Waals surface area (Å²) < 4.78 is 0. The van der Waals surface area contributed by atoms with E-state index in [0.29, 0.717) is 6.54 Å². The van der Waals surface area contributed by atoms with Crippen molar-refractivity contribution >= 4 is 17.6 Å². The number of amides is 3. The summed E-state index contributed by atoms with van der Waals surface area (Å²) in [6.45, 7) is 8.82. The standard InChI is InChI=1S/C21H30N4O2.ClH.H2O/c1-17-7-2-3-8-18(17)23-15-13-22(14-16-23)10-4-5-11-25-20(26)19-9-6-12-24(19)21(25)27;;/h2-3,7-8,19H,4-6,9-16H2,1H3;1H;1H2/p-1. The van der Waals surface area contributed by atoms with E-state index in [1.165, 1.54) is 16.2 Å². The van der Waals surface area contributed by atoms with Gasteiger partial charge in [-0.25, -0.2) is 4.79 Å². The predicted molar refractivity (Wildman–Crippen MR) is 110 cm³/mol. The van der Waals surface area contributed by atoms with Crippen LogP contribution in [0, 0.1) is 6.92 Å². The zero-order chi connectivity index (χ0) is 18.8. The molecule has 3 aliphatic heterocycles. The van der Waals surface area contributed by atoms with Gasteiger partial charge in [0.15, 0.2) is 0 Å². The van der Waals surface area contributed by atoms with Gasteiger partial charge in [-0.2, -0.15) is 0 Å². The Morgan fingerprint density at radius 1 is 0.966 bits per heavy atom. The third-order valence-electron chi connectivity index (χ3n) is 6.21. The second-order valence-corrected chi connectivity index (χ2v) is 7.95. The van der Waals surface area contributed by atoms with Crippen molar-refractivity contribution in [1.29, 1.82) is 0 Å². The molecule has 1 atom stereocenters. The van der Waals surface area contributed by atoms with Crippen molar-refractivity contribution in [1.82, 2.24) is 14.7 Å². The summed E-state index contributed by atoms with van der Waals surface area (Å²) in [6.07, 6.45) is 3.73. The summed E-state index contributed by atoms with van der Waals surface area (Å²) >= 11 is 0. The van der Waals surface area contributed by atoms with E-state index in [0.717, 1.165) is 65.0 Å². The van der Waals surface area contributed by atoms with Gasteiger partial charge >= 0.3 is 6.03 Å². The van der Waals surface area contributed by atoms with Crippen LogP contribution in [0.4, 0.5) is 10.5 Å². The number of carbonyl (C=O) groups is 2. The van der Waals surface area contributed by atoms with Crippen LogP contribution in [-0.4, -0.2) is 84.0 Å². The molecule has 0 radical (unpaired) electrons. The first-order valence-corrected chi connectivity index (χ1v) is 10.3. The van der Waals surface area contributed by atoms with Crippen LogP contribution in [0.1, 0.15) is 31.2 Å². The van der Waals surface area contributed by atoms with Gasteiger partial charge in [-0.3, -0.25) is 14.6 Å². The number of piperazine rings is 1. The van der Waals surface area contributed by atoms with Crippen molar-refractivity contribution in [2.75, 3.05) is 50.7 Å². The maximum absolute atomic E-state index is 12.3. The van der Waals surface area contributed by atoms with E-state index < -0.39 is 0 Å². The summed E-state index contributed by atoms with van der Waals surface area (Å²) in [7, 11) is 0. The van der Waals surface area contributed by atoms with Crippen molar-refractivity contribution in [2.45, 2.75) is 38.6 Å². The molecule has 3 amide bonds. The first kappa shape index (κ1) is 23.4. The number of nitrogens with zero attached hydrogens (tertiary/aromatic N) is 4. The molecule has 0 saturated carbocycles. The Morgan fingerprint density at radius 3 is 2.34 bits per heavy atom. The van der Waals surface area contributed by atoms with E-state index in [1.54, 1.807) is 4.90 Å². The number of hydrogen-bond acceptors (Lipinski definition) is 4. The molecule has 1 aromatic rings. The Hall–Kier alpha value is -1.83. The number of halogens is 1. The number of imide groups is 1. The highest BCUT2D eigenvalue weighted by Crippen LogP contribution is 2.27. The van der Waals surface area contributed by atoms with E-state index in [1.807, 2.05) is 0 Å². The fourth-order valence-electron chi connectivity index (χ4n) is 4.62. The minimum absolute atomic E-state index is 0. The van der Waals surface area contributed by atoms with Gasteiger partial charge in [0.2, 0.25) is 0 Å². The number of anilines is 1. The monoisotopic (exact) mass is 423 g/mol. The Morgan fingerprint density at radius 2 is 1.66 bits per heavy atom. The van der Waals surface area contributed by atoms with Gasteiger partial charge in [0.25, 0.3) is 5.91 Å². The zero-order valence-electron chi connectivity index (χ0n) is 17.1. The maximum Gasteiger partial charge on any atom is 0.327 e. The molecule has 0 spiro atoms. The van der Waals surface area contributed by atoms with Gasteiger partial charge in [-0.05, 0) is 50.8 Å². The number of aryl methyl sites for hydroxylation is 1. The molecular weight excluding hydrogens is 392 g/mol. The number of urea groups is 1. The zero-order valence-corrected chi connectivity index (χ0v) is 17.9. The Kier molecular flexibility index (Phi) is 8.31. The fourth-order valence-corrected chi connectivity index (χ4v) is 4.62. The smallest absolute Gasteiger partial charge is 0.327 e. The second kappa shape index (κ2) is 10.3. The van der Waals surface area contributed by atoms with Crippen LogP contribution in [-0.2, 0) is 4.79 Å². The van der Waals surface area contributed by atoms with Crippen LogP contribution in [0.3, 0.4) is 0 Å². The average Bonchev–Trinajstić information content (AvgIpc) is 3.25. The molecule has 1 aromatic carbocycles. The van der Waals surface area contributed by atoms with Crippen LogP contribution < -0.4 is 17.3 Å². The minimum atomic E-state index is -0.160. The highest BCUT2D eigenvalue weighted by Gasteiger charge is 2.46. The fraction of sp³-hybridized carbons (Fsp3) is 0.619. The van der Waals surface area contributed by atoms with Crippen molar-refractivity contribution in [3.05, 3.63) is 29.8 Å². The molecular formula is C21H32ClN4O3-. The Bertz CT molecular complexity index is 687. The Labute approximate surface area is 179 Å². The normalized spacial score (nSPS) is 21.8. The van der Waals surface area contributed by atoms with Crippen LogP contribution in [0.25, 0.3) is 0 Å². The maximum atomic E-state index is 12.3.